The standard InChI is InChI=1S/C16H31N/c1-12-5-8-15(9-6-12)11-17-16-10-13(2)4-7-14(16)3/h12-17H,4-11H2,1-3H3. The number of rotatable bonds is 3. The minimum Gasteiger partial charge on any atom is -0.313 e. The smallest absolute Gasteiger partial charge is 0.00953 e. The van der Waals surface area contributed by atoms with Crippen molar-refractivity contribution in [1.82, 2.24) is 5.32 Å². The summed E-state index contributed by atoms with van der Waals surface area (Å²) in [7, 11) is 0. The Hall–Kier alpha value is -0.0400. The fraction of sp³-hybridized carbons (Fsp3) is 1.00. The Morgan fingerprint density at radius 1 is 0.824 bits per heavy atom. The van der Waals surface area contributed by atoms with Gasteiger partial charge < -0.3 is 5.32 Å². The average Bonchev–Trinajstić information content (AvgIpc) is 2.32. The Kier molecular flexibility index (Phi) is 4.90. The van der Waals surface area contributed by atoms with Gasteiger partial charge in [-0.1, -0.05) is 40.0 Å². The topological polar surface area (TPSA) is 12.0 Å². The van der Waals surface area contributed by atoms with Crippen molar-refractivity contribution in [2.45, 2.75) is 71.8 Å². The SMILES string of the molecule is CC1CCC(CNC2CC(C)CCC2C)CC1. The third-order valence-corrected chi connectivity index (χ3v) is 5.26. The first kappa shape index (κ1) is 13.4. The zero-order valence-electron chi connectivity index (χ0n) is 12.0. The second-order valence-corrected chi connectivity index (χ2v) is 7.04. The molecular formula is C16H31N. The molecule has 0 aromatic carbocycles. The van der Waals surface area contributed by atoms with Gasteiger partial charge in [0.05, 0.1) is 0 Å². The molecule has 2 aliphatic carbocycles. The second-order valence-electron chi connectivity index (χ2n) is 7.04. The fourth-order valence-corrected chi connectivity index (χ4v) is 3.67. The van der Waals surface area contributed by atoms with Crippen molar-refractivity contribution in [1.29, 1.82) is 0 Å². The maximum absolute atomic E-state index is 3.89. The molecule has 2 fully saturated rings. The van der Waals surface area contributed by atoms with Gasteiger partial charge in [0.15, 0.2) is 0 Å². The molecule has 0 aromatic heterocycles. The molecule has 2 rings (SSSR count). The lowest BCUT2D eigenvalue weighted by atomic mass is 9.79. The quantitative estimate of drug-likeness (QED) is 0.774. The molecule has 100 valence electrons. The van der Waals surface area contributed by atoms with Crippen LogP contribution in [0.25, 0.3) is 0 Å². The van der Waals surface area contributed by atoms with Gasteiger partial charge >= 0.3 is 0 Å². The molecule has 2 saturated carbocycles. The van der Waals surface area contributed by atoms with Gasteiger partial charge in [0.1, 0.15) is 0 Å². The molecule has 0 aliphatic heterocycles. The first-order valence-corrected chi connectivity index (χ1v) is 7.88. The monoisotopic (exact) mass is 237 g/mol. The molecule has 3 atom stereocenters. The maximum Gasteiger partial charge on any atom is 0.00953 e. The van der Waals surface area contributed by atoms with Crippen LogP contribution in [0.2, 0.25) is 0 Å². The maximum atomic E-state index is 3.89. The van der Waals surface area contributed by atoms with Crippen molar-refractivity contribution in [3.8, 4) is 0 Å². The lowest BCUT2D eigenvalue weighted by molar-refractivity contribution is 0.205. The van der Waals surface area contributed by atoms with Crippen molar-refractivity contribution >= 4 is 0 Å². The molecule has 1 nitrogen and oxygen atoms in total. The van der Waals surface area contributed by atoms with Crippen LogP contribution in [0.15, 0.2) is 0 Å². The third-order valence-electron chi connectivity index (χ3n) is 5.26. The Balaban J connectivity index is 1.70. The average molecular weight is 237 g/mol. The van der Waals surface area contributed by atoms with E-state index < -0.39 is 0 Å². The number of nitrogens with one attached hydrogen (secondary N) is 1. The van der Waals surface area contributed by atoms with E-state index in [2.05, 4.69) is 26.1 Å². The molecule has 1 heteroatoms. The predicted octanol–water partition coefficient (Wildman–Crippen LogP) is 4.23. The molecule has 1 N–H and O–H groups in total. The van der Waals surface area contributed by atoms with E-state index in [9.17, 15) is 0 Å². The molecule has 0 radical (unpaired) electrons. The minimum atomic E-state index is 0.804. The zero-order valence-corrected chi connectivity index (χ0v) is 12.0. The summed E-state index contributed by atoms with van der Waals surface area (Å²) in [5.41, 5.74) is 0. The summed E-state index contributed by atoms with van der Waals surface area (Å²) in [6.07, 6.45) is 10.1. The fourth-order valence-electron chi connectivity index (χ4n) is 3.67. The second kappa shape index (κ2) is 6.22. The highest BCUT2D eigenvalue weighted by Gasteiger charge is 2.26. The van der Waals surface area contributed by atoms with Crippen LogP contribution >= 0.6 is 0 Å². The van der Waals surface area contributed by atoms with Crippen molar-refractivity contribution in [3.63, 3.8) is 0 Å². The largest absolute Gasteiger partial charge is 0.313 e. The van der Waals surface area contributed by atoms with Gasteiger partial charge in [-0.2, -0.15) is 0 Å². The van der Waals surface area contributed by atoms with Crippen molar-refractivity contribution < 1.29 is 0 Å². The minimum absolute atomic E-state index is 0.804. The van der Waals surface area contributed by atoms with E-state index in [1.165, 1.54) is 51.5 Å². The van der Waals surface area contributed by atoms with E-state index in [4.69, 9.17) is 0 Å². The van der Waals surface area contributed by atoms with E-state index in [0.717, 1.165) is 29.7 Å². The van der Waals surface area contributed by atoms with Crippen LogP contribution in [-0.4, -0.2) is 12.6 Å². The Morgan fingerprint density at radius 3 is 2.18 bits per heavy atom. The van der Waals surface area contributed by atoms with Crippen molar-refractivity contribution in [2.24, 2.45) is 23.7 Å². The Labute approximate surface area is 108 Å². The summed E-state index contributed by atoms with van der Waals surface area (Å²) >= 11 is 0. The lowest BCUT2D eigenvalue weighted by Gasteiger charge is -2.35. The lowest BCUT2D eigenvalue weighted by Crippen LogP contribution is -2.42. The third kappa shape index (κ3) is 3.98. The van der Waals surface area contributed by atoms with Crippen LogP contribution < -0.4 is 5.32 Å². The van der Waals surface area contributed by atoms with Crippen LogP contribution in [0, 0.1) is 23.7 Å². The summed E-state index contributed by atoms with van der Waals surface area (Å²) in [6.45, 7) is 8.55. The zero-order chi connectivity index (χ0) is 12.3. The molecule has 0 saturated heterocycles. The van der Waals surface area contributed by atoms with Gasteiger partial charge in [-0.15, -0.1) is 0 Å². The van der Waals surface area contributed by atoms with Gasteiger partial charge in [-0.25, -0.2) is 0 Å². The van der Waals surface area contributed by atoms with E-state index in [0.29, 0.717) is 0 Å². The Morgan fingerprint density at radius 2 is 1.47 bits per heavy atom. The van der Waals surface area contributed by atoms with Crippen LogP contribution in [0.4, 0.5) is 0 Å². The first-order valence-electron chi connectivity index (χ1n) is 7.88. The molecule has 0 heterocycles. The van der Waals surface area contributed by atoms with Gasteiger partial charge in [-0.05, 0) is 55.9 Å². The van der Waals surface area contributed by atoms with E-state index in [1.807, 2.05) is 0 Å². The summed E-state index contributed by atoms with van der Waals surface area (Å²) in [5.74, 6) is 3.79. The number of hydrogen-bond donors (Lipinski definition) is 1. The van der Waals surface area contributed by atoms with Crippen molar-refractivity contribution in [3.05, 3.63) is 0 Å². The molecular weight excluding hydrogens is 206 g/mol. The molecule has 17 heavy (non-hydrogen) atoms. The van der Waals surface area contributed by atoms with Gasteiger partial charge in [0.2, 0.25) is 0 Å². The van der Waals surface area contributed by atoms with Crippen LogP contribution in [0.1, 0.15) is 65.7 Å². The molecule has 0 amide bonds. The van der Waals surface area contributed by atoms with Gasteiger partial charge in [0, 0.05) is 6.04 Å². The Bertz CT molecular complexity index is 218. The normalized spacial score (nSPS) is 43.6. The van der Waals surface area contributed by atoms with Crippen LogP contribution in [0.5, 0.6) is 0 Å². The predicted molar refractivity (Wildman–Crippen MR) is 75.1 cm³/mol. The highest BCUT2D eigenvalue weighted by atomic mass is 14.9. The molecule has 0 bridgehead atoms. The van der Waals surface area contributed by atoms with Crippen molar-refractivity contribution in [2.75, 3.05) is 6.54 Å². The molecule has 0 spiro atoms. The molecule has 2 aliphatic rings. The first-order chi connectivity index (χ1) is 8.15. The molecule has 3 unspecified atom stereocenters. The summed E-state index contributed by atoms with van der Waals surface area (Å²) in [6, 6.07) is 0.804. The van der Waals surface area contributed by atoms with E-state index >= 15 is 0 Å². The van der Waals surface area contributed by atoms with Gasteiger partial charge in [-0.3, -0.25) is 0 Å². The highest BCUT2D eigenvalue weighted by molar-refractivity contribution is 4.82. The van der Waals surface area contributed by atoms with Crippen LogP contribution in [-0.2, 0) is 0 Å². The van der Waals surface area contributed by atoms with Gasteiger partial charge in [0.25, 0.3) is 0 Å². The van der Waals surface area contributed by atoms with E-state index in [1.54, 1.807) is 0 Å². The van der Waals surface area contributed by atoms with E-state index in [-0.39, 0.29) is 0 Å². The summed E-state index contributed by atoms with van der Waals surface area (Å²) in [4.78, 5) is 0. The highest BCUT2D eigenvalue weighted by Crippen LogP contribution is 2.30. The van der Waals surface area contributed by atoms with Crippen LogP contribution in [0.3, 0.4) is 0 Å². The summed E-state index contributed by atoms with van der Waals surface area (Å²) in [5, 5.41) is 3.89. The molecule has 0 aromatic rings. The summed E-state index contributed by atoms with van der Waals surface area (Å²) < 4.78 is 0. The number of hydrogen-bond acceptors (Lipinski definition) is 1.